The van der Waals surface area contributed by atoms with Gasteiger partial charge in [-0.05, 0) is 72.5 Å². The monoisotopic (exact) mass is 430 g/mol. The van der Waals surface area contributed by atoms with Crippen LogP contribution in [0.4, 0.5) is 5.69 Å². The molecule has 0 fully saturated rings. The van der Waals surface area contributed by atoms with E-state index in [1.165, 1.54) is 5.56 Å². The van der Waals surface area contributed by atoms with Crippen molar-refractivity contribution in [3.8, 4) is 17.2 Å². The van der Waals surface area contributed by atoms with Crippen LogP contribution in [0.5, 0.6) is 11.5 Å². The normalized spacial score (nSPS) is 11.8. The van der Waals surface area contributed by atoms with Crippen molar-refractivity contribution in [1.82, 2.24) is 15.0 Å². The molecule has 164 valence electrons. The van der Waals surface area contributed by atoms with Crippen molar-refractivity contribution in [3.63, 3.8) is 0 Å². The van der Waals surface area contributed by atoms with E-state index in [-0.39, 0.29) is 12.5 Å². The molecule has 1 heterocycles. The Morgan fingerprint density at radius 1 is 0.969 bits per heavy atom. The van der Waals surface area contributed by atoms with Crippen molar-refractivity contribution in [2.75, 3.05) is 19.0 Å². The van der Waals surface area contributed by atoms with Crippen LogP contribution in [0, 0.1) is 0 Å². The number of anilines is 1. The molecule has 0 aliphatic heterocycles. The van der Waals surface area contributed by atoms with Crippen molar-refractivity contribution < 1.29 is 14.3 Å². The van der Waals surface area contributed by atoms with Crippen LogP contribution < -0.4 is 14.8 Å². The lowest BCUT2D eigenvalue weighted by atomic mass is 9.99. The fraction of sp³-hybridized carbons (Fsp3) is 0.240. The first-order chi connectivity index (χ1) is 15.6. The minimum absolute atomic E-state index is 0.0702. The Labute approximate surface area is 187 Å². The number of carbonyl (C=O) groups is 1. The van der Waals surface area contributed by atoms with Gasteiger partial charge in [0.05, 0.1) is 12.8 Å². The van der Waals surface area contributed by atoms with E-state index in [0.29, 0.717) is 22.9 Å². The standard InChI is InChI=1S/C25H26N4O3/c1-4-17(2)18-5-10-22(11-6-18)32-16-25(30)26-19-7-14-23-24(15-19)28-29(27-23)20-8-12-21(31-3)13-9-20/h5-15,17H,4,16H2,1-3H3,(H,26,30). The highest BCUT2D eigenvalue weighted by molar-refractivity contribution is 5.93. The van der Waals surface area contributed by atoms with Crippen molar-refractivity contribution in [2.24, 2.45) is 0 Å². The molecule has 1 unspecified atom stereocenters. The molecule has 7 nitrogen and oxygen atoms in total. The Morgan fingerprint density at radius 2 is 1.66 bits per heavy atom. The van der Waals surface area contributed by atoms with E-state index < -0.39 is 0 Å². The maximum Gasteiger partial charge on any atom is 0.262 e. The largest absolute Gasteiger partial charge is 0.497 e. The third kappa shape index (κ3) is 4.88. The summed E-state index contributed by atoms with van der Waals surface area (Å²) in [5.41, 5.74) is 4.14. The lowest BCUT2D eigenvalue weighted by Crippen LogP contribution is -2.20. The number of benzene rings is 3. The Balaban J connectivity index is 1.38. The number of ether oxygens (including phenoxy) is 2. The quantitative estimate of drug-likeness (QED) is 0.427. The van der Waals surface area contributed by atoms with Crippen LogP contribution in [0.1, 0.15) is 31.7 Å². The molecule has 0 aliphatic rings. The van der Waals surface area contributed by atoms with E-state index in [0.717, 1.165) is 23.4 Å². The smallest absolute Gasteiger partial charge is 0.262 e. The average molecular weight is 431 g/mol. The number of nitrogens with one attached hydrogen (secondary N) is 1. The summed E-state index contributed by atoms with van der Waals surface area (Å²) < 4.78 is 10.8. The molecule has 0 spiro atoms. The van der Waals surface area contributed by atoms with Crippen molar-refractivity contribution in [1.29, 1.82) is 0 Å². The first-order valence-electron chi connectivity index (χ1n) is 10.6. The van der Waals surface area contributed by atoms with Crippen molar-refractivity contribution in [2.45, 2.75) is 26.2 Å². The van der Waals surface area contributed by atoms with E-state index in [9.17, 15) is 4.79 Å². The van der Waals surface area contributed by atoms with Gasteiger partial charge < -0.3 is 14.8 Å². The van der Waals surface area contributed by atoms with Gasteiger partial charge in [-0.3, -0.25) is 4.79 Å². The van der Waals surface area contributed by atoms with E-state index in [1.807, 2.05) is 54.6 Å². The molecule has 1 N–H and O–H groups in total. The van der Waals surface area contributed by atoms with Crippen LogP contribution in [0.2, 0.25) is 0 Å². The molecular formula is C25H26N4O3. The minimum Gasteiger partial charge on any atom is -0.497 e. The van der Waals surface area contributed by atoms with Gasteiger partial charge in [-0.1, -0.05) is 26.0 Å². The maximum absolute atomic E-state index is 12.3. The molecule has 4 aromatic rings. The molecule has 0 radical (unpaired) electrons. The molecular weight excluding hydrogens is 404 g/mol. The third-order valence-electron chi connectivity index (χ3n) is 5.40. The maximum atomic E-state index is 12.3. The summed E-state index contributed by atoms with van der Waals surface area (Å²) in [7, 11) is 1.62. The lowest BCUT2D eigenvalue weighted by Gasteiger charge is -2.11. The second-order valence-corrected chi connectivity index (χ2v) is 7.61. The summed E-state index contributed by atoms with van der Waals surface area (Å²) in [4.78, 5) is 13.9. The molecule has 32 heavy (non-hydrogen) atoms. The Bertz CT molecular complexity index is 1200. The molecule has 0 saturated carbocycles. The Hall–Kier alpha value is -3.87. The molecule has 4 rings (SSSR count). The van der Waals surface area contributed by atoms with E-state index >= 15 is 0 Å². The van der Waals surface area contributed by atoms with Crippen molar-refractivity contribution >= 4 is 22.6 Å². The molecule has 3 aromatic carbocycles. The number of carbonyl (C=O) groups excluding carboxylic acids is 1. The van der Waals surface area contributed by atoms with Gasteiger partial charge in [0.25, 0.3) is 5.91 Å². The van der Waals surface area contributed by atoms with Gasteiger partial charge in [0.2, 0.25) is 0 Å². The molecule has 0 aliphatic carbocycles. The second-order valence-electron chi connectivity index (χ2n) is 7.61. The van der Waals surface area contributed by atoms with Gasteiger partial charge in [0.15, 0.2) is 6.61 Å². The average Bonchev–Trinajstić information content (AvgIpc) is 3.26. The van der Waals surface area contributed by atoms with Crippen LogP contribution in [0.15, 0.2) is 66.7 Å². The van der Waals surface area contributed by atoms with Crippen LogP contribution in [-0.2, 0) is 4.79 Å². The van der Waals surface area contributed by atoms with Crippen LogP contribution in [0.25, 0.3) is 16.7 Å². The molecule has 0 saturated heterocycles. The zero-order chi connectivity index (χ0) is 22.5. The fourth-order valence-electron chi connectivity index (χ4n) is 3.30. The number of methoxy groups -OCH3 is 1. The van der Waals surface area contributed by atoms with Crippen LogP contribution in [0.3, 0.4) is 0 Å². The van der Waals surface area contributed by atoms with Crippen LogP contribution in [-0.4, -0.2) is 34.6 Å². The number of nitrogens with zero attached hydrogens (tertiary/aromatic N) is 3. The predicted molar refractivity (Wildman–Crippen MR) is 125 cm³/mol. The summed E-state index contributed by atoms with van der Waals surface area (Å²) in [5, 5.41) is 11.8. The summed E-state index contributed by atoms with van der Waals surface area (Å²) in [6.07, 6.45) is 1.08. The van der Waals surface area contributed by atoms with Gasteiger partial charge in [-0.25, -0.2) is 0 Å². The molecule has 0 bridgehead atoms. The molecule has 1 aromatic heterocycles. The SMILES string of the molecule is CCC(C)c1ccc(OCC(=O)Nc2ccc3nn(-c4ccc(OC)cc4)nc3c2)cc1. The first-order valence-corrected chi connectivity index (χ1v) is 10.6. The number of fused-ring (bicyclic) bond motifs is 1. The predicted octanol–water partition coefficient (Wildman–Crippen LogP) is 4.96. The van der Waals surface area contributed by atoms with Gasteiger partial charge in [0.1, 0.15) is 22.5 Å². The zero-order valence-electron chi connectivity index (χ0n) is 18.4. The summed E-state index contributed by atoms with van der Waals surface area (Å²) in [6.45, 7) is 4.28. The fourth-order valence-corrected chi connectivity index (χ4v) is 3.30. The van der Waals surface area contributed by atoms with Gasteiger partial charge in [-0.15, -0.1) is 10.2 Å². The number of amides is 1. The summed E-state index contributed by atoms with van der Waals surface area (Å²) in [6, 6.07) is 20.8. The lowest BCUT2D eigenvalue weighted by molar-refractivity contribution is -0.118. The Morgan fingerprint density at radius 3 is 2.34 bits per heavy atom. The van der Waals surface area contributed by atoms with E-state index in [2.05, 4.69) is 29.4 Å². The van der Waals surface area contributed by atoms with Gasteiger partial charge >= 0.3 is 0 Å². The topological polar surface area (TPSA) is 78.3 Å². The first kappa shape index (κ1) is 21.4. The highest BCUT2D eigenvalue weighted by Gasteiger charge is 2.09. The minimum atomic E-state index is -0.238. The summed E-state index contributed by atoms with van der Waals surface area (Å²) >= 11 is 0. The summed E-state index contributed by atoms with van der Waals surface area (Å²) in [5.74, 6) is 1.71. The van der Waals surface area contributed by atoms with Gasteiger partial charge in [0, 0.05) is 5.69 Å². The highest BCUT2D eigenvalue weighted by atomic mass is 16.5. The Kier molecular flexibility index (Phi) is 6.35. The van der Waals surface area contributed by atoms with E-state index in [4.69, 9.17) is 9.47 Å². The number of rotatable bonds is 8. The zero-order valence-corrected chi connectivity index (χ0v) is 18.4. The number of hydrogen-bond acceptors (Lipinski definition) is 5. The molecule has 7 heteroatoms. The van der Waals surface area contributed by atoms with Gasteiger partial charge in [-0.2, -0.15) is 4.80 Å². The second kappa shape index (κ2) is 9.51. The highest BCUT2D eigenvalue weighted by Crippen LogP contribution is 2.22. The number of hydrogen-bond donors (Lipinski definition) is 1. The molecule has 1 atom stereocenters. The van der Waals surface area contributed by atoms with E-state index in [1.54, 1.807) is 24.0 Å². The third-order valence-corrected chi connectivity index (χ3v) is 5.40. The molecule has 1 amide bonds. The van der Waals surface area contributed by atoms with Crippen molar-refractivity contribution in [3.05, 3.63) is 72.3 Å². The number of aromatic nitrogens is 3. The van der Waals surface area contributed by atoms with Crippen LogP contribution >= 0.6 is 0 Å².